The van der Waals surface area contributed by atoms with E-state index in [1.807, 2.05) is 42.5 Å². The molecule has 0 unspecified atom stereocenters. The van der Waals surface area contributed by atoms with Crippen molar-refractivity contribution in [3.63, 3.8) is 0 Å². The van der Waals surface area contributed by atoms with Crippen molar-refractivity contribution in [2.45, 2.75) is 0 Å². The summed E-state index contributed by atoms with van der Waals surface area (Å²) in [7, 11) is 0. The lowest BCUT2D eigenvalue weighted by Crippen LogP contribution is -1.94. The molecular formula is C118H68N4. The molecule has 0 spiro atoms. The molecule has 0 bridgehead atoms. The van der Waals surface area contributed by atoms with Crippen LogP contribution >= 0.6 is 0 Å². The Kier molecular flexibility index (Phi) is 16.1. The molecule has 0 saturated heterocycles. The van der Waals surface area contributed by atoms with Crippen molar-refractivity contribution in [2.75, 3.05) is 0 Å². The van der Waals surface area contributed by atoms with Gasteiger partial charge in [0, 0.05) is 32.7 Å². The van der Waals surface area contributed by atoms with Crippen molar-refractivity contribution in [1.29, 1.82) is 10.5 Å². The number of hydrogen-bond acceptors (Lipinski definition) is 4. The van der Waals surface area contributed by atoms with E-state index in [2.05, 4.69) is 382 Å². The van der Waals surface area contributed by atoms with Crippen LogP contribution in [0.5, 0.6) is 0 Å². The Morgan fingerprint density at radius 1 is 0.139 bits per heavy atom. The lowest BCUT2D eigenvalue weighted by molar-refractivity contribution is 1.40. The molecule has 0 aliphatic heterocycles. The normalized spacial score (nSPS) is 11.8. The molecule has 25 rings (SSSR count). The van der Waals surface area contributed by atoms with E-state index in [0.29, 0.717) is 11.1 Å². The third kappa shape index (κ3) is 11.2. The fourth-order valence-corrected chi connectivity index (χ4v) is 20.0. The van der Waals surface area contributed by atoms with Gasteiger partial charge in [0.2, 0.25) is 0 Å². The highest BCUT2D eigenvalue weighted by atomic mass is 14.7. The lowest BCUT2D eigenvalue weighted by atomic mass is 9.87. The average Bonchev–Trinajstić information content (AvgIpc) is 0.733. The van der Waals surface area contributed by atoms with Crippen molar-refractivity contribution in [1.82, 2.24) is 9.97 Å². The molecule has 0 aliphatic rings. The monoisotopic (exact) mass is 1540 g/mol. The zero-order valence-electron chi connectivity index (χ0n) is 66.0. The largest absolute Gasteiger partial charge is 0.247 e. The third-order valence-corrected chi connectivity index (χ3v) is 25.7. The van der Waals surface area contributed by atoms with E-state index in [1.54, 1.807) is 0 Å². The van der Waals surface area contributed by atoms with Crippen LogP contribution in [-0.2, 0) is 0 Å². The van der Waals surface area contributed by atoms with Crippen LogP contribution in [0.2, 0.25) is 0 Å². The van der Waals surface area contributed by atoms with Gasteiger partial charge in [0.05, 0.1) is 45.7 Å². The maximum absolute atomic E-state index is 9.86. The second-order valence-electron chi connectivity index (χ2n) is 32.2. The van der Waals surface area contributed by atoms with Gasteiger partial charge in [-0.1, -0.05) is 340 Å². The van der Waals surface area contributed by atoms with Gasteiger partial charge >= 0.3 is 0 Å². The van der Waals surface area contributed by atoms with Gasteiger partial charge < -0.3 is 0 Å². The predicted octanol–water partition coefficient (Wildman–Crippen LogP) is 32.0. The lowest BCUT2D eigenvalue weighted by Gasteiger charge is -2.18. The quantitative estimate of drug-likeness (QED) is 0.149. The van der Waals surface area contributed by atoms with E-state index >= 15 is 0 Å². The van der Waals surface area contributed by atoms with E-state index in [9.17, 15) is 10.5 Å². The van der Waals surface area contributed by atoms with Gasteiger partial charge in [0.15, 0.2) is 0 Å². The van der Waals surface area contributed by atoms with Gasteiger partial charge in [-0.3, -0.25) is 0 Å². The molecule has 560 valence electrons. The van der Waals surface area contributed by atoms with Crippen LogP contribution in [0.15, 0.2) is 413 Å². The van der Waals surface area contributed by atoms with Crippen LogP contribution in [-0.4, -0.2) is 9.97 Å². The van der Waals surface area contributed by atoms with Crippen LogP contribution in [0.25, 0.3) is 251 Å². The second-order valence-corrected chi connectivity index (χ2v) is 32.2. The number of benzene rings is 23. The first-order valence-corrected chi connectivity index (χ1v) is 41.6. The first-order valence-electron chi connectivity index (χ1n) is 41.6. The Morgan fingerprint density at radius 2 is 0.369 bits per heavy atom. The number of nitrogens with zero attached hydrogens (tertiary/aromatic N) is 4. The zero-order valence-corrected chi connectivity index (χ0v) is 66.0. The molecule has 2 aromatic heterocycles. The Bertz CT molecular complexity index is 8770. The number of aromatic nitrogens is 2. The molecule has 122 heavy (non-hydrogen) atoms. The Hall–Kier alpha value is -16.5. The molecular weight excluding hydrogens is 1470 g/mol. The number of fused-ring (bicyclic) bond motifs is 30. The van der Waals surface area contributed by atoms with E-state index < -0.39 is 0 Å². The molecule has 0 aliphatic carbocycles. The highest BCUT2D eigenvalue weighted by Gasteiger charge is 2.23. The standard InChI is InChI=1S/C62H36N2.C56H32N2/c63-37-38-21-23-39(24-22-38)40-25-27-41(28-26-40)61-36-57(43-30-32-54-49-16-4-2-12-45(49)47-14-6-8-18-51(47)59(54)34-43)60-35-56(52-19-9-10-20-55(52)62(60)64-61)42-29-31-53-48-15-3-1-11-44(48)46-13-5-7-17-50(46)58(53)33-42;57-33-34-12-11-13-37(28-34)55-32-51(36-25-27-48-43-19-4-2-15-39(43)41-17-6-8-21-45(41)53(48)30-36)54-31-50(46-22-9-10-23-49(46)56(54)58-55)35-24-26-47-42-18-3-1-14-38(42)40-16-5-7-20-44(40)52(47)29-35/h1-36H;1-32H. The van der Waals surface area contributed by atoms with Gasteiger partial charge in [0.1, 0.15) is 0 Å². The molecule has 23 aromatic carbocycles. The molecule has 4 heteroatoms. The predicted molar refractivity (Wildman–Crippen MR) is 516 cm³/mol. The van der Waals surface area contributed by atoms with Gasteiger partial charge in [-0.2, -0.15) is 10.5 Å². The zero-order chi connectivity index (χ0) is 80.6. The summed E-state index contributed by atoms with van der Waals surface area (Å²) < 4.78 is 0. The fraction of sp³-hybridized carbons (Fsp3) is 0. The smallest absolute Gasteiger partial charge is 0.0991 e. The molecule has 0 atom stereocenters. The van der Waals surface area contributed by atoms with Crippen LogP contribution in [0, 0.1) is 22.7 Å². The Balaban J connectivity index is 0.000000139. The molecule has 4 nitrogen and oxygen atoms in total. The van der Waals surface area contributed by atoms with Gasteiger partial charge in [-0.15, -0.1) is 0 Å². The number of nitriles is 2. The summed E-state index contributed by atoms with van der Waals surface area (Å²) in [4.78, 5) is 11.0. The highest BCUT2D eigenvalue weighted by molar-refractivity contribution is 6.31. The van der Waals surface area contributed by atoms with Gasteiger partial charge in [-0.25, -0.2) is 9.97 Å². The molecule has 0 amide bonds. The van der Waals surface area contributed by atoms with E-state index in [4.69, 9.17) is 9.97 Å². The maximum Gasteiger partial charge on any atom is 0.0991 e. The molecule has 2 heterocycles. The van der Waals surface area contributed by atoms with Crippen molar-refractivity contribution < 1.29 is 0 Å². The SMILES string of the molecule is N#Cc1ccc(-c2ccc(-c3cc(-c4ccc5c6ccccc6c6ccccc6c5c4)c4cc(-c5ccc6c7ccccc7c7ccccc7c6c5)c5ccccc5c4n3)cc2)cc1.N#Cc1cccc(-c2cc(-c3ccc4c5ccccc5c5ccccc5c4c3)c3cc(-c4ccc5c6ccccc6c6ccccc6c5c4)c4ccccc4c3n2)c1. The summed E-state index contributed by atoms with van der Waals surface area (Å²) in [5.41, 5.74) is 18.3. The van der Waals surface area contributed by atoms with Crippen LogP contribution in [0.3, 0.4) is 0 Å². The van der Waals surface area contributed by atoms with E-state index in [0.717, 1.165) is 93.9 Å². The van der Waals surface area contributed by atoms with Gasteiger partial charge in [-0.05, 0) is 268 Å². The van der Waals surface area contributed by atoms with Crippen molar-refractivity contribution in [3.05, 3.63) is 424 Å². The molecule has 0 fully saturated rings. The summed E-state index contributed by atoms with van der Waals surface area (Å²) in [5, 5.41) is 56.1. The Morgan fingerprint density at radius 3 is 0.664 bits per heavy atom. The Labute approximate surface area is 702 Å². The van der Waals surface area contributed by atoms with Crippen molar-refractivity contribution in [3.8, 4) is 90.3 Å². The fourth-order valence-electron chi connectivity index (χ4n) is 20.0. The summed E-state index contributed by atoms with van der Waals surface area (Å²) in [6.07, 6.45) is 0. The molecule has 0 saturated carbocycles. The topological polar surface area (TPSA) is 73.4 Å². The van der Waals surface area contributed by atoms with Crippen LogP contribution in [0.1, 0.15) is 11.1 Å². The maximum atomic E-state index is 9.86. The number of rotatable bonds is 7. The molecule has 0 N–H and O–H groups in total. The first-order chi connectivity index (χ1) is 60.4. The third-order valence-electron chi connectivity index (χ3n) is 25.7. The second kappa shape index (κ2) is 28.1. The highest BCUT2D eigenvalue weighted by Crippen LogP contribution is 2.49. The minimum absolute atomic E-state index is 0.613. The van der Waals surface area contributed by atoms with Crippen molar-refractivity contribution in [2.24, 2.45) is 0 Å². The number of pyridine rings is 2. The molecule has 0 radical (unpaired) electrons. The van der Waals surface area contributed by atoms with Crippen LogP contribution < -0.4 is 0 Å². The summed E-state index contributed by atoms with van der Waals surface area (Å²) in [6.45, 7) is 0. The average molecular weight is 1540 g/mol. The summed E-state index contributed by atoms with van der Waals surface area (Å²) >= 11 is 0. The van der Waals surface area contributed by atoms with E-state index in [-0.39, 0.29) is 0 Å². The molecule has 25 aromatic rings. The summed E-state index contributed by atoms with van der Waals surface area (Å²) in [5.74, 6) is 0. The van der Waals surface area contributed by atoms with Crippen molar-refractivity contribution >= 4 is 173 Å². The van der Waals surface area contributed by atoms with Gasteiger partial charge in [0.25, 0.3) is 0 Å². The van der Waals surface area contributed by atoms with Crippen LogP contribution in [0.4, 0.5) is 0 Å². The van der Waals surface area contributed by atoms with E-state index in [1.165, 1.54) is 157 Å². The number of hydrogen-bond donors (Lipinski definition) is 0. The minimum Gasteiger partial charge on any atom is -0.247 e. The first kappa shape index (κ1) is 69.8. The summed E-state index contributed by atoms with van der Waals surface area (Å²) in [6, 6.07) is 154. The minimum atomic E-state index is 0.613.